The van der Waals surface area contributed by atoms with Crippen LogP contribution in [0.1, 0.15) is 5.56 Å². The van der Waals surface area contributed by atoms with Crippen LogP contribution in [0.5, 0.6) is 0 Å². The van der Waals surface area contributed by atoms with Gasteiger partial charge in [-0.25, -0.2) is 21.6 Å². The van der Waals surface area contributed by atoms with Gasteiger partial charge in [0.25, 0.3) is 0 Å². The number of benzene rings is 2. The highest BCUT2D eigenvalue weighted by atomic mass is 32.2. The number of hydrogen-bond donors (Lipinski definition) is 1. The summed E-state index contributed by atoms with van der Waals surface area (Å²) >= 11 is 0. The summed E-state index contributed by atoms with van der Waals surface area (Å²) in [5.41, 5.74) is 0.609. The van der Waals surface area contributed by atoms with E-state index in [4.69, 9.17) is 5.26 Å². The topological polar surface area (TPSA) is 104 Å². The number of sulfonamides is 1. The van der Waals surface area contributed by atoms with Crippen LogP contribution in [0.3, 0.4) is 0 Å². The molecule has 2 rings (SSSR count). The van der Waals surface area contributed by atoms with Gasteiger partial charge in [0, 0.05) is 18.0 Å². The second-order valence-corrected chi connectivity index (χ2v) is 8.36. The van der Waals surface area contributed by atoms with Gasteiger partial charge in [-0.05, 0) is 29.8 Å². The molecule has 0 aliphatic heterocycles. The molecule has 0 unspecified atom stereocenters. The minimum atomic E-state index is -3.67. The predicted octanol–water partition coefficient (Wildman–Crippen LogP) is 1.98. The van der Waals surface area contributed by atoms with E-state index in [1.54, 1.807) is 24.3 Å². The Morgan fingerprint density at radius 2 is 1.54 bits per heavy atom. The Balaban J connectivity index is 2.11. The Hall–Kier alpha value is -2.47. The molecule has 0 heterocycles. The third kappa shape index (κ3) is 4.52. The van der Waals surface area contributed by atoms with Gasteiger partial charge in [-0.15, -0.1) is 0 Å². The second-order valence-electron chi connectivity index (χ2n) is 4.76. The number of nitrogens with one attached hydrogen (secondary N) is 1. The first-order valence-corrected chi connectivity index (χ1v) is 9.83. The number of nitrogens with zero attached hydrogens (tertiary/aromatic N) is 1. The van der Waals surface area contributed by atoms with E-state index in [0.717, 1.165) is 11.5 Å². The van der Waals surface area contributed by atoms with E-state index >= 15 is 0 Å². The minimum Gasteiger partial charge on any atom is -0.219 e. The molecular formula is C16H14N2O4S2. The molecule has 0 fully saturated rings. The second kappa shape index (κ2) is 7.40. The number of allylic oxidation sites excluding steroid dienone is 1. The predicted molar refractivity (Wildman–Crippen MR) is 88.8 cm³/mol. The fourth-order valence-corrected chi connectivity index (χ4v) is 3.81. The highest BCUT2D eigenvalue weighted by Crippen LogP contribution is 2.14. The van der Waals surface area contributed by atoms with Gasteiger partial charge in [0.15, 0.2) is 0 Å². The first-order valence-electron chi connectivity index (χ1n) is 6.80. The molecule has 2 aromatic rings. The highest BCUT2D eigenvalue weighted by molar-refractivity contribution is 7.94. The number of nitriles is 1. The van der Waals surface area contributed by atoms with E-state index in [-0.39, 0.29) is 16.3 Å². The van der Waals surface area contributed by atoms with Crippen LogP contribution in [0.25, 0.3) is 0 Å². The van der Waals surface area contributed by atoms with Crippen molar-refractivity contribution in [1.82, 2.24) is 4.72 Å². The standard InChI is InChI=1S/C16H14N2O4S2/c17-11-4-12-23(19,20)15-9-7-14(8-10-15)13-18-24(21,22)16-5-2-1-3-6-16/h1-10,12,18H,13H2. The lowest BCUT2D eigenvalue weighted by Crippen LogP contribution is -2.23. The van der Waals surface area contributed by atoms with Gasteiger partial charge in [0.1, 0.15) is 0 Å². The summed E-state index contributed by atoms with van der Waals surface area (Å²) < 4.78 is 50.4. The van der Waals surface area contributed by atoms with Crippen molar-refractivity contribution < 1.29 is 16.8 Å². The first-order chi connectivity index (χ1) is 11.3. The maximum absolute atomic E-state index is 12.1. The molecular weight excluding hydrogens is 348 g/mol. The fraction of sp³-hybridized carbons (Fsp3) is 0.0625. The van der Waals surface area contributed by atoms with E-state index in [1.807, 2.05) is 0 Å². The van der Waals surface area contributed by atoms with E-state index in [2.05, 4.69) is 4.72 Å². The molecule has 0 aliphatic rings. The molecule has 8 heteroatoms. The largest absolute Gasteiger partial charge is 0.240 e. The Morgan fingerprint density at radius 3 is 2.12 bits per heavy atom. The normalized spacial score (nSPS) is 12.1. The lowest BCUT2D eigenvalue weighted by atomic mass is 10.2. The zero-order chi connectivity index (χ0) is 17.6. The first kappa shape index (κ1) is 17.9. The summed E-state index contributed by atoms with van der Waals surface area (Å²) in [6.07, 6.45) is 0.886. The van der Waals surface area contributed by atoms with Gasteiger partial charge < -0.3 is 0 Å². The summed E-state index contributed by atoms with van der Waals surface area (Å²) in [6, 6.07) is 15.3. The smallest absolute Gasteiger partial charge is 0.219 e. The Labute approximate surface area is 141 Å². The molecule has 0 aliphatic carbocycles. The van der Waals surface area contributed by atoms with Crippen LogP contribution in [0.15, 0.2) is 75.9 Å². The maximum atomic E-state index is 12.1. The van der Waals surface area contributed by atoms with Crippen molar-refractivity contribution in [2.24, 2.45) is 0 Å². The molecule has 0 atom stereocenters. The van der Waals surface area contributed by atoms with Gasteiger partial charge >= 0.3 is 0 Å². The van der Waals surface area contributed by atoms with Gasteiger partial charge in [0.2, 0.25) is 19.9 Å². The summed E-state index contributed by atoms with van der Waals surface area (Å²) in [7, 11) is -7.29. The van der Waals surface area contributed by atoms with Crippen LogP contribution in [-0.4, -0.2) is 16.8 Å². The van der Waals surface area contributed by atoms with Crippen molar-refractivity contribution >= 4 is 19.9 Å². The van der Waals surface area contributed by atoms with Crippen molar-refractivity contribution in [2.45, 2.75) is 16.3 Å². The highest BCUT2D eigenvalue weighted by Gasteiger charge is 2.13. The van der Waals surface area contributed by atoms with Crippen LogP contribution >= 0.6 is 0 Å². The van der Waals surface area contributed by atoms with E-state index in [9.17, 15) is 16.8 Å². The number of sulfone groups is 1. The van der Waals surface area contributed by atoms with Gasteiger partial charge in [-0.1, -0.05) is 30.3 Å². The molecule has 0 saturated heterocycles. The van der Waals surface area contributed by atoms with Gasteiger partial charge in [-0.3, -0.25) is 0 Å². The quantitative estimate of drug-likeness (QED) is 0.791. The Kier molecular flexibility index (Phi) is 5.51. The van der Waals surface area contributed by atoms with E-state index in [0.29, 0.717) is 5.56 Å². The molecule has 0 amide bonds. The van der Waals surface area contributed by atoms with Gasteiger partial charge in [0.05, 0.1) is 15.9 Å². The van der Waals surface area contributed by atoms with Crippen molar-refractivity contribution in [3.8, 4) is 6.07 Å². The average molecular weight is 362 g/mol. The molecule has 0 radical (unpaired) electrons. The van der Waals surface area contributed by atoms with Gasteiger partial charge in [-0.2, -0.15) is 5.26 Å². The Morgan fingerprint density at radius 1 is 0.917 bits per heavy atom. The molecule has 0 bridgehead atoms. The van der Waals surface area contributed by atoms with Crippen molar-refractivity contribution in [3.05, 3.63) is 71.6 Å². The van der Waals surface area contributed by atoms with E-state index in [1.165, 1.54) is 36.4 Å². The lowest BCUT2D eigenvalue weighted by Gasteiger charge is -2.07. The Bertz CT molecular complexity index is 973. The van der Waals surface area contributed by atoms with E-state index < -0.39 is 19.9 Å². The van der Waals surface area contributed by atoms with Crippen molar-refractivity contribution in [2.75, 3.05) is 0 Å². The number of hydrogen-bond acceptors (Lipinski definition) is 5. The van der Waals surface area contributed by atoms with Crippen LogP contribution in [0, 0.1) is 11.3 Å². The van der Waals surface area contributed by atoms with Crippen molar-refractivity contribution in [3.63, 3.8) is 0 Å². The average Bonchev–Trinajstić information content (AvgIpc) is 2.59. The molecule has 2 aromatic carbocycles. The van der Waals surface area contributed by atoms with Crippen molar-refractivity contribution in [1.29, 1.82) is 5.26 Å². The molecule has 0 aromatic heterocycles. The summed E-state index contributed by atoms with van der Waals surface area (Å²) in [5.74, 6) is 0. The van der Waals surface area contributed by atoms with Crippen LogP contribution in [0.2, 0.25) is 0 Å². The van der Waals surface area contributed by atoms with Crippen LogP contribution < -0.4 is 4.72 Å². The third-order valence-electron chi connectivity index (χ3n) is 3.09. The summed E-state index contributed by atoms with van der Waals surface area (Å²) in [4.78, 5) is 0.189. The molecule has 6 nitrogen and oxygen atoms in total. The summed E-state index contributed by atoms with van der Waals surface area (Å²) in [5, 5.41) is 9.21. The van der Waals surface area contributed by atoms with Crippen LogP contribution in [0.4, 0.5) is 0 Å². The molecule has 24 heavy (non-hydrogen) atoms. The van der Waals surface area contributed by atoms with Crippen LogP contribution in [-0.2, 0) is 26.4 Å². The minimum absolute atomic E-state index is 0.0312. The monoisotopic (exact) mass is 362 g/mol. The molecule has 1 N–H and O–H groups in total. The zero-order valence-corrected chi connectivity index (χ0v) is 14.1. The summed E-state index contributed by atoms with van der Waals surface area (Å²) in [6.45, 7) is 0.0333. The molecule has 124 valence electrons. The fourth-order valence-electron chi connectivity index (χ4n) is 1.86. The lowest BCUT2D eigenvalue weighted by molar-refractivity contribution is 0.581. The maximum Gasteiger partial charge on any atom is 0.240 e. The zero-order valence-electron chi connectivity index (χ0n) is 12.5. The SMILES string of the molecule is N#CC=CS(=O)(=O)c1ccc(CNS(=O)(=O)c2ccccc2)cc1. The molecule has 0 spiro atoms. The third-order valence-corrected chi connectivity index (χ3v) is 5.93. The molecule has 0 saturated carbocycles. The number of rotatable bonds is 6.